The highest BCUT2D eigenvalue weighted by atomic mass is 35.5. The number of rotatable bonds is 5. The Bertz CT molecular complexity index is 861. The summed E-state index contributed by atoms with van der Waals surface area (Å²) in [6.07, 6.45) is 4.39. The molecule has 0 radical (unpaired) electrons. The average Bonchev–Trinajstić information content (AvgIpc) is 2.93. The highest BCUT2D eigenvalue weighted by Crippen LogP contribution is 2.31. The molecular formula is C22H24ClN3O2. The van der Waals surface area contributed by atoms with Crippen LogP contribution in [0.4, 0.5) is 5.69 Å². The molecule has 1 aliphatic heterocycles. The molecular weight excluding hydrogens is 374 g/mol. The van der Waals surface area contributed by atoms with E-state index in [1.807, 2.05) is 12.1 Å². The summed E-state index contributed by atoms with van der Waals surface area (Å²) in [6.45, 7) is 1.14. The Balaban J connectivity index is 1.74. The molecule has 2 aromatic carbocycles. The monoisotopic (exact) mass is 397 g/mol. The van der Waals surface area contributed by atoms with Gasteiger partial charge in [0.15, 0.2) is 0 Å². The number of halogens is 1. The highest BCUT2D eigenvalue weighted by molar-refractivity contribution is 6.31. The maximum Gasteiger partial charge on any atom is 0.238 e. The van der Waals surface area contributed by atoms with Crippen LogP contribution in [-0.2, 0) is 4.79 Å². The van der Waals surface area contributed by atoms with Gasteiger partial charge in [0, 0.05) is 11.1 Å². The van der Waals surface area contributed by atoms with Gasteiger partial charge >= 0.3 is 0 Å². The minimum absolute atomic E-state index is 0.140. The molecule has 3 rings (SSSR count). The second-order valence-electron chi connectivity index (χ2n) is 6.96. The van der Waals surface area contributed by atoms with Crippen LogP contribution < -0.4 is 10.1 Å². The lowest BCUT2D eigenvalue weighted by atomic mass is 10.0. The van der Waals surface area contributed by atoms with Gasteiger partial charge in [-0.15, -0.1) is 0 Å². The summed E-state index contributed by atoms with van der Waals surface area (Å²) >= 11 is 6.02. The normalized spacial score (nSPS) is 17.4. The van der Waals surface area contributed by atoms with E-state index in [4.69, 9.17) is 16.3 Å². The van der Waals surface area contributed by atoms with Gasteiger partial charge in [-0.05, 0) is 55.3 Å². The van der Waals surface area contributed by atoms with Gasteiger partial charge in [0.05, 0.1) is 24.9 Å². The summed E-state index contributed by atoms with van der Waals surface area (Å²) in [5, 5.41) is 12.6. The number of amides is 1. The van der Waals surface area contributed by atoms with Gasteiger partial charge < -0.3 is 10.1 Å². The SMILES string of the molecule is COc1ccc(C2CCCCCN2CC(=O)Nc2cc(Cl)ccc2C#N)cc1. The molecule has 2 aromatic rings. The Morgan fingerprint density at radius 2 is 2.04 bits per heavy atom. The van der Waals surface area contributed by atoms with Gasteiger partial charge in [-0.2, -0.15) is 5.26 Å². The zero-order chi connectivity index (χ0) is 19.9. The Morgan fingerprint density at radius 3 is 2.75 bits per heavy atom. The van der Waals surface area contributed by atoms with Crippen LogP contribution in [0.1, 0.15) is 42.9 Å². The molecule has 6 heteroatoms. The molecule has 5 nitrogen and oxygen atoms in total. The third kappa shape index (κ3) is 5.03. The smallest absolute Gasteiger partial charge is 0.238 e. The molecule has 1 saturated heterocycles. The minimum atomic E-state index is -0.140. The standard InChI is InChI=1S/C22H24ClN3O2/c1-28-19-10-7-16(8-11-19)21-5-3-2-4-12-26(21)15-22(27)25-20-13-18(23)9-6-17(20)14-24/h6-11,13,21H,2-5,12,15H2,1H3,(H,25,27). The second kappa shape index (κ2) is 9.59. The molecule has 0 aliphatic carbocycles. The van der Waals surface area contributed by atoms with Crippen LogP contribution in [0.25, 0.3) is 0 Å². The lowest BCUT2D eigenvalue weighted by Gasteiger charge is -2.30. The van der Waals surface area contributed by atoms with E-state index in [9.17, 15) is 10.1 Å². The van der Waals surface area contributed by atoms with E-state index in [0.717, 1.165) is 38.0 Å². The number of benzene rings is 2. The van der Waals surface area contributed by atoms with Crippen LogP contribution in [0, 0.1) is 11.3 Å². The Labute approximate surface area is 170 Å². The van der Waals surface area contributed by atoms with E-state index >= 15 is 0 Å². The number of methoxy groups -OCH3 is 1. The van der Waals surface area contributed by atoms with Crippen LogP contribution in [0.5, 0.6) is 5.75 Å². The van der Waals surface area contributed by atoms with Crippen molar-refractivity contribution >= 4 is 23.2 Å². The average molecular weight is 398 g/mol. The van der Waals surface area contributed by atoms with Crippen molar-refractivity contribution in [2.45, 2.75) is 31.7 Å². The van der Waals surface area contributed by atoms with E-state index in [1.54, 1.807) is 25.3 Å². The van der Waals surface area contributed by atoms with Crippen molar-refractivity contribution in [3.63, 3.8) is 0 Å². The van der Waals surface area contributed by atoms with Crippen molar-refractivity contribution in [1.29, 1.82) is 5.26 Å². The van der Waals surface area contributed by atoms with Crippen LogP contribution in [0.3, 0.4) is 0 Å². The number of nitrogens with zero attached hydrogens (tertiary/aromatic N) is 2. The molecule has 1 aliphatic rings. The largest absolute Gasteiger partial charge is 0.497 e. The van der Waals surface area contributed by atoms with Crippen LogP contribution >= 0.6 is 11.6 Å². The molecule has 1 amide bonds. The molecule has 146 valence electrons. The van der Waals surface area contributed by atoms with Gasteiger partial charge in [0.25, 0.3) is 0 Å². The van der Waals surface area contributed by atoms with Crippen molar-refractivity contribution in [1.82, 2.24) is 4.90 Å². The molecule has 0 spiro atoms. The Kier molecular flexibility index (Phi) is 6.91. The summed E-state index contributed by atoms with van der Waals surface area (Å²) in [5.41, 5.74) is 2.05. The summed E-state index contributed by atoms with van der Waals surface area (Å²) in [4.78, 5) is 14.9. The highest BCUT2D eigenvalue weighted by Gasteiger charge is 2.24. The molecule has 1 fully saturated rings. The van der Waals surface area contributed by atoms with Crippen molar-refractivity contribution in [2.24, 2.45) is 0 Å². The Morgan fingerprint density at radius 1 is 1.25 bits per heavy atom. The van der Waals surface area contributed by atoms with Gasteiger partial charge in [-0.1, -0.05) is 36.6 Å². The van der Waals surface area contributed by atoms with Crippen molar-refractivity contribution in [2.75, 3.05) is 25.5 Å². The van der Waals surface area contributed by atoms with E-state index in [2.05, 4.69) is 28.4 Å². The second-order valence-corrected chi connectivity index (χ2v) is 7.40. The number of nitriles is 1. The van der Waals surface area contributed by atoms with Crippen molar-refractivity contribution < 1.29 is 9.53 Å². The fourth-order valence-corrected chi connectivity index (χ4v) is 3.82. The van der Waals surface area contributed by atoms with Gasteiger partial charge in [0.1, 0.15) is 11.8 Å². The van der Waals surface area contributed by atoms with Crippen LogP contribution in [0.2, 0.25) is 5.02 Å². The third-order valence-electron chi connectivity index (χ3n) is 5.09. The molecule has 0 saturated carbocycles. The van der Waals surface area contributed by atoms with Gasteiger partial charge in [-0.3, -0.25) is 9.69 Å². The zero-order valence-electron chi connectivity index (χ0n) is 16.0. The molecule has 0 bridgehead atoms. The van der Waals surface area contributed by atoms with Crippen molar-refractivity contribution in [3.05, 3.63) is 58.6 Å². The molecule has 1 N–H and O–H groups in total. The first-order valence-electron chi connectivity index (χ1n) is 9.48. The zero-order valence-corrected chi connectivity index (χ0v) is 16.7. The fourth-order valence-electron chi connectivity index (χ4n) is 3.65. The van der Waals surface area contributed by atoms with Crippen LogP contribution in [-0.4, -0.2) is 31.0 Å². The van der Waals surface area contributed by atoms with Gasteiger partial charge in [0.2, 0.25) is 5.91 Å². The molecule has 1 heterocycles. The van der Waals surface area contributed by atoms with E-state index < -0.39 is 0 Å². The molecule has 28 heavy (non-hydrogen) atoms. The number of ether oxygens (including phenoxy) is 1. The number of likely N-dealkylation sites (tertiary alicyclic amines) is 1. The van der Waals surface area contributed by atoms with E-state index in [1.165, 1.54) is 5.56 Å². The summed E-state index contributed by atoms with van der Waals surface area (Å²) in [5.74, 6) is 0.686. The summed E-state index contributed by atoms with van der Waals surface area (Å²) < 4.78 is 5.26. The lowest BCUT2D eigenvalue weighted by molar-refractivity contribution is -0.117. The fraction of sp³-hybridized carbons (Fsp3) is 0.364. The summed E-state index contributed by atoms with van der Waals surface area (Å²) in [7, 11) is 1.66. The maximum absolute atomic E-state index is 12.7. The predicted octanol–water partition coefficient (Wildman–Crippen LogP) is 4.78. The van der Waals surface area contributed by atoms with Crippen molar-refractivity contribution in [3.8, 4) is 11.8 Å². The van der Waals surface area contributed by atoms with E-state index in [-0.39, 0.29) is 18.5 Å². The number of nitrogens with one attached hydrogen (secondary N) is 1. The third-order valence-corrected chi connectivity index (χ3v) is 5.32. The number of hydrogen-bond acceptors (Lipinski definition) is 4. The Hall–Kier alpha value is -2.55. The lowest BCUT2D eigenvalue weighted by Crippen LogP contribution is -2.36. The predicted molar refractivity (Wildman–Crippen MR) is 111 cm³/mol. The topological polar surface area (TPSA) is 65.4 Å². The first-order chi connectivity index (χ1) is 13.6. The first kappa shape index (κ1) is 20.2. The van der Waals surface area contributed by atoms with E-state index in [0.29, 0.717) is 16.3 Å². The molecule has 0 aromatic heterocycles. The maximum atomic E-state index is 12.7. The first-order valence-corrected chi connectivity index (χ1v) is 9.86. The number of carbonyl (C=O) groups excluding carboxylic acids is 1. The number of anilines is 1. The summed E-state index contributed by atoms with van der Waals surface area (Å²) in [6, 6.07) is 15.2. The quantitative estimate of drug-likeness (QED) is 0.788. The number of hydrogen-bond donors (Lipinski definition) is 1. The van der Waals surface area contributed by atoms with Crippen LogP contribution in [0.15, 0.2) is 42.5 Å². The molecule has 1 atom stereocenters. The molecule has 1 unspecified atom stereocenters. The van der Waals surface area contributed by atoms with Gasteiger partial charge in [-0.25, -0.2) is 0 Å². The minimum Gasteiger partial charge on any atom is -0.497 e. The number of carbonyl (C=O) groups is 1.